The number of thioether (sulfide) groups is 1. The molecule has 1 saturated carbocycles. The maximum Gasteiger partial charge on any atom is 0.327 e. The van der Waals surface area contributed by atoms with Gasteiger partial charge < -0.3 is 10.4 Å². The molecule has 1 aliphatic carbocycles. The summed E-state index contributed by atoms with van der Waals surface area (Å²) in [4.78, 5) is 24.7. The van der Waals surface area contributed by atoms with Gasteiger partial charge in [0.25, 0.3) is 0 Å². The number of nitrogens with one attached hydrogen (secondary N) is 1. The summed E-state index contributed by atoms with van der Waals surface area (Å²) in [5, 5.41) is 12.0. The van der Waals surface area contributed by atoms with Crippen molar-refractivity contribution in [2.24, 2.45) is 5.92 Å². The highest BCUT2D eigenvalue weighted by Crippen LogP contribution is 2.45. The Morgan fingerprint density at radius 3 is 2.71 bits per heavy atom. The maximum atomic E-state index is 12.0. The van der Waals surface area contributed by atoms with E-state index in [4.69, 9.17) is 5.11 Å². The Balaban J connectivity index is 2.05. The van der Waals surface area contributed by atoms with Crippen LogP contribution in [0.4, 0.5) is 4.79 Å². The fourth-order valence-corrected chi connectivity index (χ4v) is 3.67. The van der Waals surface area contributed by atoms with Crippen molar-refractivity contribution in [1.82, 2.24) is 10.2 Å². The highest BCUT2D eigenvalue weighted by Gasteiger charge is 2.47. The number of carboxylic acid groups (broad SMARTS) is 1. The molecule has 2 atom stereocenters. The second-order valence-corrected chi connectivity index (χ2v) is 5.70. The first-order valence-corrected chi connectivity index (χ1v) is 7.10. The number of carboxylic acids is 1. The van der Waals surface area contributed by atoms with E-state index >= 15 is 0 Å². The highest BCUT2D eigenvalue weighted by molar-refractivity contribution is 8.00. The molecule has 2 amide bonds. The minimum absolute atomic E-state index is 0.0629. The van der Waals surface area contributed by atoms with Crippen molar-refractivity contribution in [2.75, 3.05) is 12.3 Å². The van der Waals surface area contributed by atoms with Crippen LogP contribution in [0.15, 0.2) is 0 Å². The number of urea groups is 1. The fourth-order valence-electron chi connectivity index (χ4n) is 2.04. The van der Waals surface area contributed by atoms with Crippen molar-refractivity contribution in [2.45, 2.75) is 37.6 Å². The van der Waals surface area contributed by atoms with E-state index in [2.05, 4.69) is 5.32 Å². The average molecular weight is 258 g/mol. The normalized spacial score (nSPS) is 28.2. The van der Waals surface area contributed by atoms with Gasteiger partial charge in [-0.15, -0.1) is 11.8 Å². The molecule has 0 bridgehead atoms. The molecule has 0 aromatic carbocycles. The predicted molar refractivity (Wildman–Crippen MR) is 65.9 cm³/mol. The van der Waals surface area contributed by atoms with Crippen LogP contribution in [0.1, 0.15) is 26.2 Å². The minimum Gasteiger partial charge on any atom is -0.480 e. The molecule has 1 aliphatic heterocycles. The van der Waals surface area contributed by atoms with E-state index in [9.17, 15) is 9.59 Å². The summed E-state index contributed by atoms with van der Waals surface area (Å²) in [6.07, 6.45) is 3.09. The summed E-state index contributed by atoms with van der Waals surface area (Å²) >= 11 is 1.60. The first-order valence-electron chi connectivity index (χ1n) is 6.05. The molecular weight excluding hydrogens is 240 g/mol. The molecule has 5 nitrogen and oxygen atoms in total. The van der Waals surface area contributed by atoms with E-state index in [-0.39, 0.29) is 11.4 Å². The number of nitrogens with zero attached hydrogens (tertiary/aromatic N) is 1. The van der Waals surface area contributed by atoms with Gasteiger partial charge in [0, 0.05) is 12.3 Å². The lowest BCUT2D eigenvalue weighted by molar-refractivity contribution is -0.141. The SMILES string of the molecule is CCCNC(=O)N1C(C(=O)O)CSC1C1CC1. The molecule has 2 aliphatic rings. The van der Waals surface area contributed by atoms with Crippen LogP contribution in [0.5, 0.6) is 0 Å². The van der Waals surface area contributed by atoms with Crippen LogP contribution in [0.25, 0.3) is 0 Å². The van der Waals surface area contributed by atoms with Crippen molar-refractivity contribution in [3.05, 3.63) is 0 Å². The quantitative estimate of drug-likeness (QED) is 0.798. The molecule has 0 spiro atoms. The summed E-state index contributed by atoms with van der Waals surface area (Å²) in [7, 11) is 0. The number of hydrogen-bond donors (Lipinski definition) is 2. The van der Waals surface area contributed by atoms with E-state index in [1.54, 1.807) is 16.7 Å². The van der Waals surface area contributed by atoms with Crippen molar-refractivity contribution in [3.8, 4) is 0 Å². The van der Waals surface area contributed by atoms with Gasteiger partial charge >= 0.3 is 12.0 Å². The second kappa shape index (κ2) is 5.16. The van der Waals surface area contributed by atoms with E-state index in [0.717, 1.165) is 19.3 Å². The van der Waals surface area contributed by atoms with E-state index in [0.29, 0.717) is 18.2 Å². The summed E-state index contributed by atoms with van der Waals surface area (Å²) in [6, 6.07) is -0.886. The fraction of sp³-hybridized carbons (Fsp3) is 0.818. The molecule has 0 radical (unpaired) electrons. The van der Waals surface area contributed by atoms with E-state index in [1.165, 1.54) is 0 Å². The van der Waals surface area contributed by atoms with Gasteiger partial charge in [0.05, 0.1) is 5.37 Å². The van der Waals surface area contributed by atoms with E-state index in [1.807, 2.05) is 6.92 Å². The molecule has 96 valence electrons. The van der Waals surface area contributed by atoms with Crippen LogP contribution in [0.3, 0.4) is 0 Å². The topological polar surface area (TPSA) is 69.6 Å². The molecular formula is C11H18N2O3S. The number of hydrogen-bond acceptors (Lipinski definition) is 3. The Morgan fingerprint density at radius 2 is 2.18 bits per heavy atom. The number of amides is 2. The monoisotopic (exact) mass is 258 g/mol. The van der Waals surface area contributed by atoms with Gasteiger partial charge in [-0.25, -0.2) is 9.59 Å². The first-order chi connectivity index (χ1) is 8.15. The standard InChI is InChI=1S/C11H18N2O3S/c1-2-5-12-11(16)13-8(10(14)15)6-17-9(13)7-3-4-7/h7-9H,2-6H2,1H3,(H,12,16)(H,14,15). The lowest BCUT2D eigenvalue weighted by atomic mass is 10.2. The Kier molecular flexibility index (Phi) is 3.81. The van der Waals surface area contributed by atoms with Crippen LogP contribution < -0.4 is 5.32 Å². The molecule has 6 heteroatoms. The Morgan fingerprint density at radius 1 is 1.47 bits per heavy atom. The summed E-state index contributed by atoms with van der Waals surface area (Å²) in [5.74, 6) is 0.111. The van der Waals surface area contributed by atoms with Crippen LogP contribution in [0.2, 0.25) is 0 Å². The predicted octanol–water partition coefficient (Wildman–Crippen LogP) is 1.34. The molecule has 2 rings (SSSR count). The lowest BCUT2D eigenvalue weighted by Crippen LogP contribution is -2.50. The molecule has 0 aromatic rings. The Labute approximate surface area is 105 Å². The third-order valence-corrected chi connectivity index (χ3v) is 4.57. The molecule has 1 saturated heterocycles. The van der Waals surface area contributed by atoms with Crippen LogP contribution in [-0.4, -0.2) is 45.7 Å². The number of carbonyl (C=O) groups is 2. The lowest BCUT2D eigenvalue weighted by Gasteiger charge is -2.27. The number of rotatable bonds is 4. The zero-order valence-electron chi connectivity index (χ0n) is 9.89. The molecule has 2 fully saturated rings. The number of carbonyl (C=O) groups excluding carboxylic acids is 1. The van der Waals surface area contributed by atoms with Gasteiger partial charge in [-0.2, -0.15) is 0 Å². The molecule has 1 heterocycles. The van der Waals surface area contributed by atoms with Gasteiger partial charge in [-0.1, -0.05) is 6.92 Å². The first kappa shape index (κ1) is 12.5. The Hall–Kier alpha value is -0.910. The van der Waals surface area contributed by atoms with Crippen molar-refractivity contribution in [1.29, 1.82) is 0 Å². The third kappa shape index (κ3) is 2.68. The van der Waals surface area contributed by atoms with Gasteiger partial charge in [0.15, 0.2) is 0 Å². The highest BCUT2D eigenvalue weighted by atomic mass is 32.2. The molecule has 0 aromatic heterocycles. The van der Waals surface area contributed by atoms with Crippen LogP contribution in [0, 0.1) is 5.92 Å². The van der Waals surface area contributed by atoms with Gasteiger partial charge in [-0.3, -0.25) is 4.90 Å². The molecule has 2 N–H and O–H groups in total. The third-order valence-electron chi connectivity index (χ3n) is 3.11. The minimum atomic E-state index is -0.896. The average Bonchev–Trinajstić information content (AvgIpc) is 3.04. The van der Waals surface area contributed by atoms with Gasteiger partial charge in [0.2, 0.25) is 0 Å². The van der Waals surface area contributed by atoms with E-state index < -0.39 is 12.0 Å². The van der Waals surface area contributed by atoms with Gasteiger partial charge in [0.1, 0.15) is 6.04 Å². The Bertz CT molecular complexity index is 320. The van der Waals surface area contributed by atoms with Crippen molar-refractivity contribution in [3.63, 3.8) is 0 Å². The van der Waals surface area contributed by atoms with Crippen LogP contribution >= 0.6 is 11.8 Å². The maximum absolute atomic E-state index is 12.0. The zero-order chi connectivity index (χ0) is 12.4. The summed E-state index contributed by atoms with van der Waals surface area (Å²) in [6.45, 7) is 2.58. The molecule has 2 unspecified atom stereocenters. The summed E-state index contributed by atoms with van der Waals surface area (Å²) < 4.78 is 0. The van der Waals surface area contributed by atoms with Crippen molar-refractivity contribution >= 4 is 23.8 Å². The summed E-state index contributed by atoms with van der Waals surface area (Å²) in [5.41, 5.74) is 0. The molecule has 17 heavy (non-hydrogen) atoms. The van der Waals surface area contributed by atoms with Gasteiger partial charge in [-0.05, 0) is 25.2 Å². The zero-order valence-corrected chi connectivity index (χ0v) is 10.7. The number of aliphatic carboxylic acids is 1. The van der Waals surface area contributed by atoms with Crippen LogP contribution in [-0.2, 0) is 4.79 Å². The van der Waals surface area contributed by atoms with Crippen molar-refractivity contribution < 1.29 is 14.7 Å². The smallest absolute Gasteiger partial charge is 0.327 e. The second-order valence-electron chi connectivity index (χ2n) is 4.55. The largest absolute Gasteiger partial charge is 0.480 e.